The molecule has 0 unspecified atom stereocenters. The lowest BCUT2D eigenvalue weighted by Crippen LogP contribution is -2.23. The van der Waals surface area contributed by atoms with Crippen LogP contribution in [-0.2, 0) is 9.53 Å². The molecule has 3 aromatic carbocycles. The Bertz CT molecular complexity index is 1050. The first-order valence-corrected chi connectivity index (χ1v) is 8.97. The van der Waals surface area contributed by atoms with E-state index < -0.39 is 30.1 Å². The van der Waals surface area contributed by atoms with Crippen LogP contribution in [0.25, 0.3) is 0 Å². The van der Waals surface area contributed by atoms with Gasteiger partial charge in [0.25, 0.3) is 0 Å². The molecule has 0 atom stereocenters. The molecule has 4 rings (SSSR count). The van der Waals surface area contributed by atoms with Crippen molar-refractivity contribution in [3.05, 3.63) is 89.2 Å². The molecule has 0 saturated carbocycles. The first kappa shape index (κ1) is 18.7. The number of Topliss-reactive ketones (excluding diaryl/α,β-unsaturated/α-hetero) is 1. The maximum Gasteiger partial charge on any atom is 0.318 e. The number of methoxy groups -OCH3 is 1. The largest absolute Gasteiger partial charge is 0.494 e. The van der Waals surface area contributed by atoms with Crippen molar-refractivity contribution in [3.8, 4) is 17.2 Å². The van der Waals surface area contributed by atoms with Gasteiger partial charge in [0.2, 0.25) is 0 Å². The second-order valence-corrected chi connectivity index (χ2v) is 6.49. The summed E-state index contributed by atoms with van der Waals surface area (Å²) in [6.45, 7) is -0.494. The fraction of sp³-hybridized carbons (Fsp3) is 0.130. The number of hydrogen-bond acceptors (Lipinski definition) is 5. The average molecular weight is 392 g/mol. The van der Waals surface area contributed by atoms with Gasteiger partial charge in [0, 0.05) is 16.7 Å². The molecule has 6 heteroatoms. The molecule has 5 nitrogen and oxygen atoms in total. The number of carbonyl (C=O) groups is 2. The molecule has 1 heterocycles. The van der Waals surface area contributed by atoms with Gasteiger partial charge in [-0.2, -0.15) is 0 Å². The SMILES string of the molecule is COc1ccc(C(=O)COC(=O)C2c3ccccc3Oc3ccccc32)cc1F. The quantitative estimate of drug-likeness (QED) is 0.473. The van der Waals surface area contributed by atoms with E-state index in [1.165, 1.54) is 19.2 Å². The highest BCUT2D eigenvalue weighted by Gasteiger charge is 2.33. The van der Waals surface area contributed by atoms with E-state index in [-0.39, 0.29) is 11.3 Å². The predicted octanol–water partition coefficient (Wildman–Crippen LogP) is 4.50. The molecule has 0 fully saturated rings. The summed E-state index contributed by atoms with van der Waals surface area (Å²) in [6, 6.07) is 18.2. The van der Waals surface area contributed by atoms with Crippen LogP contribution in [0.1, 0.15) is 27.4 Å². The van der Waals surface area contributed by atoms with Crippen molar-refractivity contribution in [2.75, 3.05) is 13.7 Å². The Morgan fingerprint density at radius 3 is 2.17 bits per heavy atom. The van der Waals surface area contributed by atoms with Gasteiger partial charge in [-0.1, -0.05) is 36.4 Å². The van der Waals surface area contributed by atoms with Crippen LogP contribution >= 0.6 is 0 Å². The van der Waals surface area contributed by atoms with Crippen LogP contribution in [0.5, 0.6) is 17.2 Å². The summed E-state index contributed by atoms with van der Waals surface area (Å²) in [7, 11) is 1.34. The zero-order valence-electron chi connectivity index (χ0n) is 15.6. The number of para-hydroxylation sites is 2. The van der Waals surface area contributed by atoms with Crippen molar-refractivity contribution in [1.82, 2.24) is 0 Å². The van der Waals surface area contributed by atoms with Gasteiger partial charge in [0.15, 0.2) is 24.0 Å². The third kappa shape index (κ3) is 3.57. The first-order chi connectivity index (χ1) is 14.1. The van der Waals surface area contributed by atoms with Crippen molar-refractivity contribution in [2.45, 2.75) is 5.92 Å². The summed E-state index contributed by atoms with van der Waals surface area (Å²) in [4.78, 5) is 25.3. The molecule has 0 N–H and O–H groups in total. The lowest BCUT2D eigenvalue weighted by Gasteiger charge is -2.26. The third-order valence-corrected chi connectivity index (χ3v) is 4.73. The van der Waals surface area contributed by atoms with Crippen molar-refractivity contribution in [1.29, 1.82) is 0 Å². The number of rotatable bonds is 5. The number of carbonyl (C=O) groups excluding carboxylic acids is 2. The molecule has 0 amide bonds. The Hall–Kier alpha value is -3.67. The van der Waals surface area contributed by atoms with Gasteiger partial charge in [-0.05, 0) is 30.3 Å². The first-order valence-electron chi connectivity index (χ1n) is 8.97. The van der Waals surface area contributed by atoms with Crippen molar-refractivity contribution in [2.24, 2.45) is 0 Å². The fourth-order valence-corrected chi connectivity index (χ4v) is 3.31. The van der Waals surface area contributed by atoms with E-state index >= 15 is 0 Å². The van der Waals surface area contributed by atoms with E-state index in [0.717, 1.165) is 6.07 Å². The zero-order chi connectivity index (χ0) is 20.4. The summed E-state index contributed by atoms with van der Waals surface area (Å²) >= 11 is 0. The fourth-order valence-electron chi connectivity index (χ4n) is 3.31. The van der Waals surface area contributed by atoms with Crippen molar-refractivity contribution >= 4 is 11.8 Å². The molecule has 0 aromatic heterocycles. The summed E-state index contributed by atoms with van der Waals surface area (Å²) in [5.74, 6) is -1.28. The number of hydrogen-bond donors (Lipinski definition) is 0. The predicted molar refractivity (Wildman–Crippen MR) is 103 cm³/mol. The summed E-state index contributed by atoms with van der Waals surface area (Å²) < 4.78 is 29.8. The minimum atomic E-state index is -0.712. The number of fused-ring (bicyclic) bond motifs is 2. The van der Waals surface area contributed by atoms with Crippen molar-refractivity contribution in [3.63, 3.8) is 0 Å². The Balaban J connectivity index is 1.55. The Kier molecular flexibility index (Phi) is 4.99. The maximum absolute atomic E-state index is 13.8. The minimum Gasteiger partial charge on any atom is -0.494 e. The molecule has 0 radical (unpaired) electrons. The lowest BCUT2D eigenvalue weighted by molar-refractivity contribution is -0.143. The summed E-state index contributed by atoms with van der Waals surface area (Å²) in [5, 5.41) is 0. The summed E-state index contributed by atoms with van der Waals surface area (Å²) in [6.07, 6.45) is 0. The topological polar surface area (TPSA) is 61.8 Å². The number of ether oxygens (including phenoxy) is 3. The Morgan fingerprint density at radius 2 is 1.59 bits per heavy atom. The van der Waals surface area contributed by atoms with Crippen molar-refractivity contribution < 1.29 is 28.2 Å². The Morgan fingerprint density at radius 1 is 0.966 bits per heavy atom. The van der Waals surface area contributed by atoms with Crippen LogP contribution in [0, 0.1) is 5.82 Å². The number of ketones is 1. The monoisotopic (exact) mass is 392 g/mol. The van der Waals surface area contributed by atoms with Gasteiger partial charge in [-0.15, -0.1) is 0 Å². The van der Waals surface area contributed by atoms with E-state index in [1.54, 1.807) is 24.3 Å². The normalized spacial score (nSPS) is 12.3. The highest BCUT2D eigenvalue weighted by atomic mass is 19.1. The lowest BCUT2D eigenvalue weighted by atomic mass is 9.88. The molecule has 146 valence electrons. The average Bonchev–Trinajstić information content (AvgIpc) is 2.75. The smallest absolute Gasteiger partial charge is 0.318 e. The molecule has 0 saturated heterocycles. The van der Waals surface area contributed by atoms with Crippen LogP contribution < -0.4 is 9.47 Å². The van der Waals surface area contributed by atoms with Gasteiger partial charge in [0.1, 0.15) is 17.4 Å². The third-order valence-electron chi connectivity index (χ3n) is 4.73. The van der Waals surface area contributed by atoms with E-state index in [2.05, 4.69) is 0 Å². The molecule has 0 spiro atoms. The molecule has 29 heavy (non-hydrogen) atoms. The van der Waals surface area contributed by atoms with Gasteiger partial charge in [-0.25, -0.2) is 4.39 Å². The molecule has 0 bridgehead atoms. The van der Waals surface area contributed by atoms with Crippen LogP contribution in [0.3, 0.4) is 0 Å². The minimum absolute atomic E-state index is 0.0361. The highest BCUT2D eigenvalue weighted by molar-refractivity contribution is 5.98. The number of esters is 1. The van der Waals surface area contributed by atoms with Crippen LogP contribution in [0.2, 0.25) is 0 Å². The highest BCUT2D eigenvalue weighted by Crippen LogP contribution is 2.44. The molecule has 1 aliphatic heterocycles. The van der Waals surface area contributed by atoms with E-state index in [4.69, 9.17) is 14.2 Å². The second-order valence-electron chi connectivity index (χ2n) is 6.49. The van der Waals surface area contributed by atoms with E-state index in [1.807, 2.05) is 24.3 Å². The molecule has 1 aliphatic rings. The van der Waals surface area contributed by atoms with E-state index in [0.29, 0.717) is 22.6 Å². The number of benzene rings is 3. The zero-order valence-corrected chi connectivity index (χ0v) is 15.6. The second kappa shape index (κ2) is 7.75. The molecule has 0 aliphatic carbocycles. The van der Waals surface area contributed by atoms with Crippen LogP contribution in [0.4, 0.5) is 4.39 Å². The standard InChI is InChI=1S/C23H17FO5/c1-27-21-11-10-14(12-17(21)24)18(25)13-28-23(26)22-15-6-2-4-8-19(15)29-20-9-5-3-7-16(20)22/h2-12,22H,13H2,1H3. The van der Waals surface area contributed by atoms with Crippen LogP contribution in [-0.4, -0.2) is 25.5 Å². The molecular formula is C23H17FO5. The Labute approximate surface area is 166 Å². The van der Waals surface area contributed by atoms with Crippen LogP contribution in [0.15, 0.2) is 66.7 Å². The maximum atomic E-state index is 13.8. The van der Waals surface area contributed by atoms with Gasteiger partial charge in [-0.3, -0.25) is 9.59 Å². The molecule has 3 aromatic rings. The molecular weight excluding hydrogens is 375 g/mol. The van der Waals surface area contributed by atoms with Gasteiger partial charge >= 0.3 is 5.97 Å². The summed E-state index contributed by atoms with van der Waals surface area (Å²) in [5.41, 5.74) is 1.43. The van der Waals surface area contributed by atoms with Gasteiger partial charge < -0.3 is 14.2 Å². The number of halogens is 1. The van der Waals surface area contributed by atoms with E-state index in [9.17, 15) is 14.0 Å². The van der Waals surface area contributed by atoms with Gasteiger partial charge in [0.05, 0.1) is 7.11 Å².